The van der Waals surface area contributed by atoms with Gasteiger partial charge in [-0.05, 0) is 22.9 Å². The molecule has 1 aromatic carbocycles. The van der Waals surface area contributed by atoms with Gasteiger partial charge in [0.05, 0.1) is 5.56 Å². The molecule has 0 saturated carbocycles. The second kappa shape index (κ2) is 7.36. The first-order valence-corrected chi connectivity index (χ1v) is 9.42. The summed E-state index contributed by atoms with van der Waals surface area (Å²) >= 11 is 1.52. The number of nitrogens with zero attached hydrogens (tertiary/aromatic N) is 1. The van der Waals surface area contributed by atoms with Gasteiger partial charge in [-0.3, -0.25) is 14.9 Å². The van der Waals surface area contributed by atoms with E-state index in [9.17, 15) is 9.59 Å². The van der Waals surface area contributed by atoms with Gasteiger partial charge in [0, 0.05) is 28.5 Å². The summed E-state index contributed by atoms with van der Waals surface area (Å²) < 4.78 is 5.46. The molecular formula is C20H21N3O3S. The van der Waals surface area contributed by atoms with E-state index in [2.05, 4.69) is 10.5 Å². The van der Waals surface area contributed by atoms with Crippen LogP contribution in [-0.4, -0.2) is 17.0 Å². The maximum absolute atomic E-state index is 12.4. The van der Waals surface area contributed by atoms with Gasteiger partial charge < -0.3 is 10.3 Å². The Balaban J connectivity index is 2.12. The Hall–Kier alpha value is -2.93. The van der Waals surface area contributed by atoms with Gasteiger partial charge in [0.2, 0.25) is 17.7 Å². The van der Waals surface area contributed by atoms with Crippen molar-refractivity contribution in [1.82, 2.24) is 5.16 Å². The third-order valence-corrected chi connectivity index (χ3v) is 4.58. The van der Waals surface area contributed by atoms with Crippen molar-refractivity contribution in [2.45, 2.75) is 27.2 Å². The van der Waals surface area contributed by atoms with Gasteiger partial charge in [-0.2, -0.15) is 11.3 Å². The first-order chi connectivity index (χ1) is 12.8. The van der Waals surface area contributed by atoms with Crippen LogP contribution in [0.1, 0.15) is 37.6 Å². The molecule has 0 spiro atoms. The fourth-order valence-electron chi connectivity index (χ4n) is 2.79. The summed E-state index contributed by atoms with van der Waals surface area (Å²) in [6, 6.07) is 8.84. The standard InChI is InChI=1S/C20H21N3O3S/c1-20(2,3)10-15(24)22-19-16(13-6-4-5-7-14(13)18(21)25)17(23-26-19)12-8-9-27-11-12/h4-9,11H,10H2,1-3H3,(H2,21,25)(H,22,24). The predicted octanol–water partition coefficient (Wildman–Crippen LogP) is 4.54. The Morgan fingerprint density at radius 2 is 1.96 bits per heavy atom. The van der Waals surface area contributed by atoms with Gasteiger partial charge in [-0.15, -0.1) is 0 Å². The number of nitrogens with two attached hydrogens (primary N) is 1. The monoisotopic (exact) mass is 383 g/mol. The van der Waals surface area contributed by atoms with Crippen molar-refractivity contribution in [1.29, 1.82) is 0 Å². The Bertz CT molecular complexity index is 969. The van der Waals surface area contributed by atoms with Crippen LogP contribution in [0.15, 0.2) is 45.6 Å². The highest BCUT2D eigenvalue weighted by Crippen LogP contribution is 2.40. The lowest BCUT2D eigenvalue weighted by Crippen LogP contribution is -2.20. The van der Waals surface area contributed by atoms with Gasteiger partial charge in [-0.1, -0.05) is 44.1 Å². The smallest absolute Gasteiger partial charge is 0.249 e. The number of aromatic nitrogens is 1. The Morgan fingerprint density at radius 1 is 1.22 bits per heavy atom. The number of nitrogens with one attached hydrogen (secondary N) is 1. The molecule has 7 heteroatoms. The number of benzene rings is 1. The molecule has 0 unspecified atom stereocenters. The third kappa shape index (κ3) is 4.25. The van der Waals surface area contributed by atoms with Crippen LogP contribution < -0.4 is 11.1 Å². The van der Waals surface area contributed by atoms with Gasteiger partial charge in [0.1, 0.15) is 5.69 Å². The number of hydrogen-bond acceptors (Lipinski definition) is 5. The maximum atomic E-state index is 12.4. The van der Waals surface area contributed by atoms with Gasteiger partial charge in [-0.25, -0.2) is 0 Å². The number of carbonyl (C=O) groups is 2. The van der Waals surface area contributed by atoms with Crippen molar-refractivity contribution in [3.8, 4) is 22.4 Å². The molecule has 2 amide bonds. The van der Waals surface area contributed by atoms with Crippen LogP contribution in [0, 0.1) is 5.41 Å². The highest BCUT2D eigenvalue weighted by atomic mass is 32.1. The van der Waals surface area contributed by atoms with Crippen LogP contribution >= 0.6 is 11.3 Å². The summed E-state index contributed by atoms with van der Waals surface area (Å²) in [7, 11) is 0. The Labute approximate surface area is 161 Å². The van der Waals surface area contributed by atoms with E-state index in [4.69, 9.17) is 10.3 Å². The largest absolute Gasteiger partial charge is 0.366 e. The van der Waals surface area contributed by atoms with E-state index in [1.165, 1.54) is 11.3 Å². The number of hydrogen-bond donors (Lipinski definition) is 2. The van der Waals surface area contributed by atoms with Gasteiger partial charge in [0.25, 0.3) is 0 Å². The van der Waals surface area contributed by atoms with Crippen molar-refractivity contribution in [2.75, 3.05) is 5.32 Å². The van der Waals surface area contributed by atoms with Crippen LogP contribution in [0.3, 0.4) is 0 Å². The van der Waals surface area contributed by atoms with Crippen molar-refractivity contribution >= 4 is 29.0 Å². The number of rotatable bonds is 5. The minimum atomic E-state index is -0.560. The summed E-state index contributed by atoms with van der Waals surface area (Å²) in [6.07, 6.45) is 0.318. The number of carbonyl (C=O) groups excluding carboxylic acids is 2. The van der Waals surface area contributed by atoms with Gasteiger partial charge in [0.15, 0.2) is 0 Å². The zero-order chi connectivity index (χ0) is 19.6. The quantitative estimate of drug-likeness (QED) is 0.675. The van der Waals surface area contributed by atoms with Crippen molar-refractivity contribution in [2.24, 2.45) is 11.1 Å². The first-order valence-electron chi connectivity index (χ1n) is 8.47. The van der Waals surface area contributed by atoms with E-state index < -0.39 is 5.91 Å². The lowest BCUT2D eigenvalue weighted by molar-refractivity contribution is -0.117. The molecular weight excluding hydrogens is 362 g/mol. The van der Waals surface area contributed by atoms with Crippen molar-refractivity contribution in [3.05, 3.63) is 46.7 Å². The van der Waals surface area contributed by atoms with Crippen LogP contribution in [-0.2, 0) is 4.79 Å². The Morgan fingerprint density at radius 3 is 2.59 bits per heavy atom. The summed E-state index contributed by atoms with van der Waals surface area (Å²) in [5.74, 6) is -0.539. The highest BCUT2D eigenvalue weighted by molar-refractivity contribution is 7.08. The minimum absolute atomic E-state index is 0.175. The molecule has 140 valence electrons. The number of amides is 2. The average Bonchev–Trinajstić information content (AvgIpc) is 3.22. The molecule has 0 aliphatic rings. The molecule has 2 aromatic heterocycles. The van der Waals surface area contributed by atoms with Crippen molar-refractivity contribution in [3.63, 3.8) is 0 Å². The van der Waals surface area contributed by atoms with E-state index in [1.54, 1.807) is 24.3 Å². The number of thiophene rings is 1. The van der Waals surface area contributed by atoms with Crippen LogP contribution in [0.4, 0.5) is 5.88 Å². The third-order valence-electron chi connectivity index (χ3n) is 3.89. The van der Waals surface area contributed by atoms with E-state index in [0.29, 0.717) is 28.8 Å². The molecule has 2 heterocycles. The normalized spacial score (nSPS) is 11.4. The summed E-state index contributed by atoms with van der Waals surface area (Å²) in [4.78, 5) is 24.4. The second-order valence-electron chi connectivity index (χ2n) is 7.44. The van der Waals surface area contributed by atoms with Crippen LogP contribution in [0.25, 0.3) is 22.4 Å². The van der Waals surface area contributed by atoms with E-state index >= 15 is 0 Å². The molecule has 0 radical (unpaired) electrons. The molecule has 0 saturated heterocycles. The molecule has 0 fully saturated rings. The predicted molar refractivity (Wildman–Crippen MR) is 106 cm³/mol. The minimum Gasteiger partial charge on any atom is -0.366 e. The van der Waals surface area contributed by atoms with E-state index in [0.717, 1.165) is 5.56 Å². The zero-order valence-corrected chi connectivity index (χ0v) is 16.2. The molecule has 3 rings (SSSR count). The molecule has 0 aliphatic carbocycles. The molecule has 6 nitrogen and oxygen atoms in total. The lowest BCUT2D eigenvalue weighted by atomic mass is 9.92. The zero-order valence-electron chi connectivity index (χ0n) is 15.4. The molecule has 0 bridgehead atoms. The molecule has 0 atom stereocenters. The second-order valence-corrected chi connectivity index (χ2v) is 8.22. The molecule has 27 heavy (non-hydrogen) atoms. The van der Waals surface area contributed by atoms with E-state index in [1.807, 2.05) is 37.6 Å². The molecule has 0 aliphatic heterocycles. The van der Waals surface area contributed by atoms with Gasteiger partial charge >= 0.3 is 0 Å². The van der Waals surface area contributed by atoms with Crippen molar-refractivity contribution < 1.29 is 14.1 Å². The molecule has 3 N–H and O–H groups in total. The highest BCUT2D eigenvalue weighted by Gasteiger charge is 2.25. The fraction of sp³-hybridized carbons (Fsp3) is 0.250. The maximum Gasteiger partial charge on any atom is 0.249 e. The Kier molecular flexibility index (Phi) is 5.14. The summed E-state index contributed by atoms with van der Waals surface area (Å²) in [5.41, 5.74) is 8.22. The SMILES string of the molecule is CC(C)(C)CC(=O)Nc1onc(-c2ccsc2)c1-c1ccccc1C(N)=O. The number of anilines is 1. The summed E-state index contributed by atoms with van der Waals surface area (Å²) in [5, 5.41) is 10.8. The topological polar surface area (TPSA) is 98.2 Å². The number of primary amides is 1. The lowest BCUT2D eigenvalue weighted by Gasteiger charge is -2.17. The first kappa shape index (κ1) is 18.8. The molecule has 3 aromatic rings. The van der Waals surface area contributed by atoms with E-state index in [-0.39, 0.29) is 17.2 Å². The fourth-order valence-corrected chi connectivity index (χ4v) is 3.43. The van der Waals surface area contributed by atoms with Crippen LogP contribution in [0.2, 0.25) is 0 Å². The average molecular weight is 383 g/mol. The van der Waals surface area contributed by atoms with Crippen LogP contribution in [0.5, 0.6) is 0 Å². The summed E-state index contributed by atoms with van der Waals surface area (Å²) in [6.45, 7) is 5.94.